The van der Waals surface area contributed by atoms with E-state index in [1.807, 2.05) is 58.0 Å². The molecular formula is C20H27NO7. The molecule has 1 amide bonds. The van der Waals surface area contributed by atoms with Crippen molar-refractivity contribution in [2.75, 3.05) is 6.61 Å². The first-order valence-corrected chi connectivity index (χ1v) is 9.53. The van der Waals surface area contributed by atoms with Crippen LogP contribution in [0.5, 0.6) is 0 Å². The van der Waals surface area contributed by atoms with E-state index in [-0.39, 0.29) is 12.7 Å². The highest BCUT2D eigenvalue weighted by Crippen LogP contribution is 2.40. The lowest BCUT2D eigenvalue weighted by molar-refractivity contribution is -0.223. The molecule has 0 spiro atoms. The molecule has 154 valence electrons. The molecule has 0 saturated carbocycles. The summed E-state index contributed by atoms with van der Waals surface area (Å²) in [6.07, 6.45) is -2.43. The maximum atomic E-state index is 12.5. The fourth-order valence-electron chi connectivity index (χ4n) is 3.79. The summed E-state index contributed by atoms with van der Waals surface area (Å²) in [5.41, 5.74) is 0.908. The predicted molar refractivity (Wildman–Crippen MR) is 97.2 cm³/mol. The first kappa shape index (κ1) is 19.6. The number of alkyl carbamates (subject to hydrolysis) is 1. The maximum Gasteiger partial charge on any atom is 0.407 e. The number of ether oxygens (including phenoxy) is 6. The maximum absolute atomic E-state index is 12.5. The van der Waals surface area contributed by atoms with Gasteiger partial charge in [-0.05, 0) is 33.3 Å². The number of fused-ring (bicyclic) bond motifs is 1. The second-order valence-corrected chi connectivity index (χ2v) is 8.17. The summed E-state index contributed by atoms with van der Waals surface area (Å²) < 4.78 is 34.8. The van der Waals surface area contributed by atoms with E-state index >= 15 is 0 Å². The van der Waals surface area contributed by atoms with Gasteiger partial charge in [0.15, 0.2) is 17.9 Å². The highest BCUT2D eigenvalue weighted by atomic mass is 16.8. The normalized spacial score (nSPS) is 35.5. The fraction of sp³-hybridized carbons (Fsp3) is 0.650. The lowest BCUT2D eigenvalue weighted by atomic mass is 10.0. The molecule has 8 heteroatoms. The average molecular weight is 393 g/mol. The van der Waals surface area contributed by atoms with Gasteiger partial charge in [0.2, 0.25) is 0 Å². The van der Waals surface area contributed by atoms with Crippen LogP contribution in [0.1, 0.15) is 33.3 Å². The summed E-state index contributed by atoms with van der Waals surface area (Å²) in [6.45, 7) is 7.85. The van der Waals surface area contributed by atoms with Crippen LogP contribution in [0.2, 0.25) is 0 Å². The van der Waals surface area contributed by atoms with Crippen molar-refractivity contribution in [1.29, 1.82) is 0 Å². The molecule has 3 heterocycles. The minimum absolute atomic E-state index is 0.179. The van der Waals surface area contributed by atoms with Crippen LogP contribution in [0.25, 0.3) is 0 Å². The first-order valence-electron chi connectivity index (χ1n) is 9.53. The molecule has 1 N–H and O–H groups in total. The first-order chi connectivity index (χ1) is 13.2. The van der Waals surface area contributed by atoms with Crippen LogP contribution < -0.4 is 5.32 Å². The van der Waals surface area contributed by atoms with Crippen molar-refractivity contribution < 1.29 is 33.2 Å². The Hall–Kier alpha value is -1.71. The minimum atomic E-state index is -0.791. The van der Waals surface area contributed by atoms with Gasteiger partial charge in [-0.1, -0.05) is 30.3 Å². The summed E-state index contributed by atoms with van der Waals surface area (Å²) in [6, 6.07) is 9.01. The summed E-state index contributed by atoms with van der Waals surface area (Å²) in [5.74, 6) is -1.49. The minimum Gasteiger partial charge on any atom is -0.445 e. The predicted octanol–water partition coefficient (Wildman–Crippen LogP) is 2.31. The number of hydrogen-bond acceptors (Lipinski definition) is 7. The van der Waals surface area contributed by atoms with Crippen molar-refractivity contribution in [3.8, 4) is 0 Å². The van der Waals surface area contributed by atoms with Gasteiger partial charge in [0.25, 0.3) is 0 Å². The molecule has 5 atom stereocenters. The Balaban J connectivity index is 1.43. The highest BCUT2D eigenvalue weighted by Gasteiger charge is 2.58. The van der Waals surface area contributed by atoms with Crippen molar-refractivity contribution in [1.82, 2.24) is 5.32 Å². The van der Waals surface area contributed by atoms with Crippen molar-refractivity contribution in [2.24, 2.45) is 0 Å². The van der Waals surface area contributed by atoms with Crippen LogP contribution in [-0.2, 0) is 35.0 Å². The van der Waals surface area contributed by atoms with E-state index in [4.69, 9.17) is 28.4 Å². The molecule has 28 heavy (non-hydrogen) atoms. The van der Waals surface area contributed by atoms with Gasteiger partial charge in [-0.3, -0.25) is 0 Å². The SMILES string of the molecule is CC1(C)O[C@H]2O[C@H]([C@H]3COC(C)(C)O3)[C@H](NC(=O)OCc3ccccc3)[C@H]2O1. The number of carbonyl (C=O) groups is 1. The molecular weight excluding hydrogens is 366 g/mol. The standard InChI is InChI=1S/C20H27NO7/c1-19(2)24-11-13(26-19)15-14(16-17(25-15)28-20(3,4)27-16)21-18(22)23-10-12-8-6-5-7-9-12/h5-9,13-17H,10-11H2,1-4H3,(H,21,22)/t13-,14+,15-,16-,17-/m1/s1. The molecule has 0 aromatic heterocycles. The van der Waals surface area contributed by atoms with Crippen LogP contribution in [0, 0.1) is 0 Å². The van der Waals surface area contributed by atoms with E-state index in [1.54, 1.807) is 0 Å². The molecule has 0 bridgehead atoms. The monoisotopic (exact) mass is 393 g/mol. The number of hydrogen-bond donors (Lipinski definition) is 1. The quantitative estimate of drug-likeness (QED) is 0.840. The molecule has 1 aromatic rings. The van der Waals surface area contributed by atoms with Gasteiger partial charge in [-0.25, -0.2) is 4.79 Å². The zero-order chi connectivity index (χ0) is 19.9. The molecule has 0 aliphatic carbocycles. The van der Waals surface area contributed by atoms with Gasteiger partial charge >= 0.3 is 6.09 Å². The Labute approximate surface area is 164 Å². The van der Waals surface area contributed by atoms with Gasteiger partial charge in [-0.2, -0.15) is 0 Å². The second-order valence-electron chi connectivity index (χ2n) is 8.17. The third-order valence-electron chi connectivity index (χ3n) is 4.98. The Morgan fingerprint density at radius 3 is 2.50 bits per heavy atom. The van der Waals surface area contributed by atoms with Gasteiger partial charge in [0.1, 0.15) is 24.9 Å². The lowest BCUT2D eigenvalue weighted by Crippen LogP contribution is -2.52. The topological polar surface area (TPSA) is 84.5 Å². The largest absolute Gasteiger partial charge is 0.445 e. The number of amides is 1. The van der Waals surface area contributed by atoms with Crippen LogP contribution in [0.15, 0.2) is 30.3 Å². The van der Waals surface area contributed by atoms with E-state index in [0.717, 1.165) is 5.56 Å². The third-order valence-corrected chi connectivity index (χ3v) is 4.98. The Bertz CT molecular complexity index is 708. The number of rotatable bonds is 4. The van der Waals surface area contributed by atoms with E-state index in [0.29, 0.717) is 6.61 Å². The van der Waals surface area contributed by atoms with Gasteiger partial charge in [0, 0.05) is 0 Å². The molecule has 4 rings (SSSR count). The third kappa shape index (κ3) is 4.16. The molecule has 0 radical (unpaired) electrons. The van der Waals surface area contributed by atoms with Gasteiger partial charge in [-0.15, -0.1) is 0 Å². The Morgan fingerprint density at radius 2 is 1.82 bits per heavy atom. The lowest BCUT2D eigenvalue weighted by Gasteiger charge is -2.29. The molecule has 3 fully saturated rings. The van der Waals surface area contributed by atoms with Crippen molar-refractivity contribution in [3.05, 3.63) is 35.9 Å². The van der Waals surface area contributed by atoms with Crippen LogP contribution in [-0.4, -0.2) is 54.9 Å². The van der Waals surface area contributed by atoms with Crippen molar-refractivity contribution >= 4 is 6.09 Å². The molecule has 3 aliphatic rings. The molecule has 0 unspecified atom stereocenters. The number of benzene rings is 1. The smallest absolute Gasteiger partial charge is 0.407 e. The van der Waals surface area contributed by atoms with E-state index in [2.05, 4.69) is 5.32 Å². The number of nitrogens with one attached hydrogen (secondary N) is 1. The van der Waals surface area contributed by atoms with E-state index in [9.17, 15) is 4.79 Å². The van der Waals surface area contributed by atoms with Crippen molar-refractivity contribution in [3.63, 3.8) is 0 Å². The van der Waals surface area contributed by atoms with Crippen LogP contribution in [0.4, 0.5) is 4.79 Å². The zero-order valence-corrected chi connectivity index (χ0v) is 16.5. The van der Waals surface area contributed by atoms with Crippen LogP contribution in [0.3, 0.4) is 0 Å². The Kier molecular flexibility index (Phi) is 5.09. The molecule has 8 nitrogen and oxygen atoms in total. The molecule has 3 aliphatic heterocycles. The zero-order valence-electron chi connectivity index (χ0n) is 16.5. The summed E-state index contributed by atoms with van der Waals surface area (Å²) in [4.78, 5) is 12.5. The van der Waals surface area contributed by atoms with Gasteiger partial charge < -0.3 is 33.7 Å². The van der Waals surface area contributed by atoms with E-state index in [1.165, 1.54) is 0 Å². The summed E-state index contributed by atoms with van der Waals surface area (Å²) >= 11 is 0. The fourth-order valence-corrected chi connectivity index (χ4v) is 3.79. The second kappa shape index (κ2) is 7.27. The summed E-state index contributed by atoms with van der Waals surface area (Å²) in [5, 5.41) is 2.89. The highest BCUT2D eigenvalue weighted by molar-refractivity contribution is 5.68. The Morgan fingerprint density at radius 1 is 1.07 bits per heavy atom. The van der Waals surface area contributed by atoms with Crippen molar-refractivity contribution in [2.45, 2.75) is 76.5 Å². The van der Waals surface area contributed by atoms with Crippen LogP contribution >= 0.6 is 0 Å². The average Bonchev–Trinajstić information content (AvgIpc) is 3.24. The molecule has 3 saturated heterocycles. The van der Waals surface area contributed by atoms with Gasteiger partial charge in [0.05, 0.1) is 12.6 Å². The number of carbonyl (C=O) groups excluding carboxylic acids is 1. The summed E-state index contributed by atoms with van der Waals surface area (Å²) in [7, 11) is 0. The van der Waals surface area contributed by atoms with E-state index < -0.39 is 42.2 Å². The molecule has 1 aromatic carbocycles.